The first-order valence-electron chi connectivity index (χ1n) is 5.82. The average Bonchev–Trinajstić information content (AvgIpc) is 2.85. The topological polar surface area (TPSA) is 88.0 Å². The molecule has 100 valence electrons. The maximum Gasteiger partial charge on any atom is 0.326 e. The Morgan fingerprint density at radius 1 is 1.37 bits per heavy atom. The van der Waals surface area contributed by atoms with Crippen molar-refractivity contribution in [2.75, 3.05) is 5.32 Å². The zero-order chi connectivity index (χ0) is 13.8. The van der Waals surface area contributed by atoms with Crippen molar-refractivity contribution >= 4 is 22.4 Å². The molecule has 0 aliphatic carbocycles. The second-order valence-corrected chi connectivity index (χ2v) is 5.31. The van der Waals surface area contributed by atoms with Crippen LogP contribution < -0.4 is 5.32 Å². The molecule has 2 heterocycles. The van der Waals surface area contributed by atoms with Gasteiger partial charge in [0.1, 0.15) is 11.7 Å². The third-order valence-corrected chi connectivity index (χ3v) is 3.40. The normalized spacial score (nSPS) is 12.4. The molecular weight excluding hydrogens is 264 g/mol. The quantitative estimate of drug-likeness (QED) is 0.871. The molecule has 2 aromatic heterocycles. The van der Waals surface area contributed by atoms with Crippen molar-refractivity contribution in [3.63, 3.8) is 0 Å². The number of nitrogens with zero attached hydrogens (tertiary/aromatic N) is 3. The number of nitrogens with one attached hydrogen (secondary N) is 1. The minimum absolute atomic E-state index is 0.0419. The summed E-state index contributed by atoms with van der Waals surface area (Å²) in [5.74, 6) is -0.940. The second kappa shape index (κ2) is 5.75. The zero-order valence-corrected chi connectivity index (χ0v) is 11.4. The molecule has 6 nitrogen and oxygen atoms in total. The number of hydrogen-bond donors (Lipinski definition) is 2. The lowest BCUT2D eigenvalue weighted by Crippen LogP contribution is -2.34. The maximum absolute atomic E-state index is 11.1. The van der Waals surface area contributed by atoms with Gasteiger partial charge in [-0.15, -0.1) is 10.2 Å². The number of aliphatic carboxylic acids is 1. The fourth-order valence-corrected chi connectivity index (χ4v) is 2.28. The molecule has 2 aromatic rings. The SMILES string of the molecule is CC(C)[C@@H](Nc1nnc(-c2ccccn2)s1)C(=O)O. The van der Waals surface area contributed by atoms with Crippen LogP contribution in [0, 0.1) is 5.92 Å². The van der Waals surface area contributed by atoms with E-state index in [0.717, 1.165) is 5.69 Å². The van der Waals surface area contributed by atoms with Crippen molar-refractivity contribution in [1.82, 2.24) is 15.2 Å². The first kappa shape index (κ1) is 13.4. The number of rotatable bonds is 5. The number of carbonyl (C=O) groups is 1. The molecule has 2 N–H and O–H groups in total. The minimum atomic E-state index is -0.899. The number of carboxylic acid groups (broad SMARTS) is 1. The van der Waals surface area contributed by atoms with Gasteiger partial charge in [-0.25, -0.2) is 4.79 Å². The van der Waals surface area contributed by atoms with Gasteiger partial charge in [0.25, 0.3) is 0 Å². The maximum atomic E-state index is 11.1. The average molecular weight is 278 g/mol. The number of aromatic nitrogens is 3. The van der Waals surface area contributed by atoms with Crippen LogP contribution in [0.15, 0.2) is 24.4 Å². The lowest BCUT2D eigenvalue weighted by Gasteiger charge is -2.16. The minimum Gasteiger partial charge on any atom is -0.480 e. The van der Waals surface area contributed by atoms with Crippen molar-refractivity contribution in [1.29, 1.82) is 0 Å². The van der Waals surface area contributed by atoms with Crippen LogP contribution in [0.2, 0.25) is 0 Å². The van der Waals surface area contributed by atoms with E-state index in [1.807, 2.05) is 32.0 Å². The van der Waals surface area contributed by atoms with Crippen molar-refractivity contribution in [2.45, 2.75) is 19.9 Å². The number of anilines is 1. The van der Waals surface area contributed by atoms with Gasteiger partial charge >= 0.3 is 5.97 Å². The molecule has 0 saturated carbocycles. The van der Waals surface area contributed by atoms with Gasteiger partial charge in [0, 0.05) is 6.20 Å². The Labute approximate surface area is 114 Å². The molecule has 0 aromatic carbocycles. The highest BCUT2D eigenvalue weighted by molar-refractivity contribution is 7.18. The van der Waals surface area contributed by atoms with Crippen molar-refractivity contribution in [3.05, 3.63) is 24.4 Å². The van der Waals surface area contributed by atoms with Crippen LogP contribution in [0.1, 0.15) is 13.8 Å². The van der Waals surface area contributed by atoms with Gasteiger partial charge in [-0.1, -0.05) is 31.3 Å². The molecule has 0 radical (unpaired) electrons. The lowest BCUT2D eigenvalue weighted by atomic mass is 10.1. The van der Waals surface area contributed by atoms with Gasteiger partial charge in [-0.3, -0.25) is 4.98 Å². The fraction of sp³-hybridized carbons (Fsp3) is 0.333. The summed E-state index contributed by atoms with van der Waals surface area (Å²) in [5.41, 5.74) is 0.726. The van der Waals surface area contributed by atoms with E-state index < -0.39 is 12.0 Å². The second-order valence-electron chi connectivity index (χ2n) is 4.33. The predicted molar refractivity (Wildman–Crippen MR) is 73.0 cm³/mol. The molecule has 0 amide bonds. The highest BCUT2D eigenvalue weighted by Crippen LogP contribution is 2.25. The Morgan fingerprint density at radius 2 is 2.16 bits per heavy atom. The Hall–Kier alpha value is -2.02. The highest BCUT2D eigenvalue weighted by atomic mass is 32.1. The number of carboxylic acids is 1. The van der Waals surface area contributed by atoms with E-state index >= 15 is 0 Å². The van der Waals surface area contributed by atoms with Crippen molar-refractivity contribution < 1.29 is 9.90 Å². The molecular formula is C12H14N4O2S. The van der Waals surface area contributed by atoms with Gasteiger partial charge in [-0.05, 0) is 18.1 Å². The lowest BCUT2D eigenvalue weighted by molar-refractivity contribution is -0.138. The third-order valence-electron chi connectivity index (χ3n) is 2.52. The fourth-order valence-electron chi connectivity index (χ4n) is 1.52. The van der Waals surface area contributed by atoms with Crippen molar-refractivity contribution in [3.8, 4) is 10.7 Å². The molecule has 19 heavy (non-hydrogen) atoms. The van der Waals surface area contributed by atoms with Crippen LogP contribution in [0.5, 0.6) is 0 Å². The molecule has 0 aliphatic rings. The van der Waals surface area contributed by atoms with Crippen LogP contribution in [0.25, 0.3) is 10.7 Å². The Bertz CT molecular complexity index is 556. The van der Waals surface area contributed by atoms with Gasteiger partial charge in [0.15, 0.2) is 5.01 Å². The first-order valence-corrected chi connectivity index (χ1v) is 6.64. The first-order chi connectivity index (χ1) is 9.08. The van der Waals surface area contributed by atoms with Crippen LogP contribution in [0.3, 0.4) is 0 Å². The van der Waals surface area contributed by atoms with Crippen LogP contribution >= 0.6 is 11.3 Å². The third kappa shape index (κ3) is 3.25. The van der Waals surface area contributed by atoms with Crippen LogP contribution in [-0.4, -0.2) is 32.3 Å². The Balaban J connectivity index is 2.16. The van der Waals surface area contributed by atoms with Crippen LogP contribution in [0.4, 0.5) is 5.13 Å². The smallest absolute Gasteiger partial charge is 0.326 e. The zero-order valence-electron chi connectivity index (χ0n) is 10.6. The van der Waals surface area contributed by atoms with Gasteiger partial charge in [0.05, 0.1) is 0 Å². The van der Waals surface area contributed by atoms with Gasteiger partial charge < -0.3 is 10.4 Å². The van der Waals surface area contributed by atoms with Crippen molar-refractivity contribution in [2.24, 2.45) is 5.92 Å². The van der Waals surface area contributed by atoms with Crippen LogP contribution in [-0.2, 0) is 4.79 Å². The van der Waals surface area contributed by atoms with E-state index in [9.17, 15) is 4.79 Å². The number of pyridine rings is 1. The summed E-state index contributed by atoms with van der Waals surface area (Å²) in [6, 6.07) is 4.85. The summed E-state index contributed by atoms with van der Waals surface area (Å²) in [6.07, 6.45) is 1.68. The van der Waals surface area contributed by atoms with E-state index in [1.165, 1.54) is 11.3 Å². The molecule has 0 fully saturated rings. The van der Waals surface area contributed by atoms with Gasteiger partial charge in [-0.2, -0.15) is 0 Å². The van der Waals surface area contributed by atoms with E-state index in [0.29, 0.717) is 10.1 Å². The molecule has 0 saturated heterocycles. The molecule has 7 heteroatoms. The largest absolute Gasteiger partial charge is 0.480 e. The van der Waals surface area contributed by atoms with Gasteiger partial charge in [0.2, 0.25) is 5.13 Å². The van der Waals surface area contributed by atoms with E-state index in [4.69, 9.17) is 5.11 Å². The summed E-state index contributed by atoms with van der Waals surface area (Å²) >= 11 is 1.29. The van der Waals surface area contributed by atoms with E-state index in [1.54, 1.807) is 6.20 Å². The summed E-state index contributed by atoms with van der Waals surface area (Å²) < 4.78 is 0. The predicted octanol–water partition coefficient (Wildman–Crippen LogP) is 2.12. The Morgan fingerprint density at radius 3 is 2.74 bits per heavy atom. The van der Waals surface area contributed by atoms with E-state index in [2.05, 4.69) is 20.5 Å². The van der Waals surface area contributed by atoms with E-state index in [-0.39, 0.29) is 5.92 Å². The molecule has 1 atom stereocenters. The molecule has 0 bridgehead atoms. The molecule has 0 aliphatic heterocycles. The summed E-state index contributed by atoms with van der Waals surface area (Å²) in [4.78, 5) is 15.3. The summed E-state index contributed by atoms with van der Waals surface area (Å²) in [7, 11) is 0. The summed E-state index contributed by atoms with van der Waals surface area (Å²) in [5, 5.41) is 21.1. The molecule has 0 spiro atoms. The Kier molecular flexibility index (Phi) is 4.06. The standard InChI is InChI=1S/C12H14N4O2S/c1-7(2)9(11(17)18)14-12-16-15-10(19-12)8-5-3-4-6-13-8/h3-7,9H,1-2H3,(H,14,16)(H,17,18)/t9-/m1/s1. The highest BCUT2D eigenvalue weighted by Gasteiger charge is 2.22. The monoisotopic (exact) mass is 278 g/mol. The molecule has 0 unspecified atom stereocenters. The molecule has 2 rings (SSSR count). The summed E-state index contributed by atoms with van der Waals surface area (Å²) in [6.45, 7) is 3.68. The number of hydrogen-bond acceptors (Lipinski definition) is 6.